The zero-order chi connectivity index (χ0) is 14.8. The van der Waals surface area contributed by atoms with Gasteiger partial charge in [0, 0.05) is 0 Å². The van der Waals surface area contributed by atoms with Crippen LogP contribution in [-0.2, 0) is 17.6 Å². The highest BCUT2D eigenvalue weighted by Crippen LogP contribution is 2.20. The molecule has 0 radical (unpaired) electrons. The minimum absolute atomic E-state index is 0.620. The summed E-state index contributed by atoms with van der Waals surface area (Å²) in [6, 6.07) is 21.3. The molecule has 0 aromatic heterocycles. The van der Waals surface area contributed by atoms with Gasteiger partial charge in [-0.2, -0.15) is 0 Å². The Kier molecular flexibility index (Phi) is 6.51. The van der Waals surface area contributed by atoms with Crippen molar-refractivity contribution in [1.82, 2.24) is 0 Å². The van der Waals surface area contributed by atoms with E-state index in [1.807, 2.05) is 5.94 Å². The van der Waals surface area contributed by atoms with Crippen molar-refractivity contribution in [3.63, 3.8) is 0 Å². The number of hydrogen-bond donors (Lipinski definition) is 0. The maximum Gasteiger partial charge on any atom is 0.120 e. The van der Waals surface area contributed by atoms with E-state index in [9.17, 15) is 4.79 Å². The third kappa shape index (κ3) is 5.81. The molecule has 0 heterocycles. The minimum atomic E-state index is 0.620. The largest absolute Gasteiger partial charge is 0.234 e. The van der Waals surface area contributed by atoms with Crippen LogP contribution in [0.1, 0.15) is 30.4 Å². The van der Waals surface area contributed by atoms with Gasteiger partial charge < -0.3 is 0 Å². The molecule has 0 unspecified atom stereocenters. The van der Waals surface area contributed by atoms with E-state index in [-0.39, 0.29) is 0 Å². The topological polar surface area (TPSA) is 17.1 Å². The summed E-state index contributed by atoms with van der Waals surface area (Å²) < 4.78 is 0. The second-order valence-electron chi connectivity index (χ2n) is 5.50. The second kappa shape index (κ2) is 8.94. The number of hydrogen-bond acceptors (Lipinski definition) is 1. The SMILES string of the molecule is O=C=CCCCC(Cc1ccccc1)Cc1ccccc1. The number of rotatable bonds is 8. The zero-order valence-electron chi connectivity index (χ0n) is 12.4. The van der Waals surface area contributed by atoms with Gasteiger partial charge in [0.1, 0.15) is 5.94 Å². The van der Waals surface area contributed by atoms with Crippen molar-refractivity contribution < 1.29 is 4.79 Å². The summed E-state index contributed by atoms with van der Waals surface area (Å²) in [6.07, 6.45) is 6.83. The Morgan fingerprint density at radius 3 is 1.86 bits per heavy atom. The van der Waals surface area contributed by atoms with Gasteiger partial charge in [0.15, 0.2) is 0 Å². The van der Waals surface area contributed by atoms with E-state index in [4.69, 9.17) is 0 Å². The van der Waals surface area contributed by atoms with Crippen molar-refractivity contribution >= 4 is 5.94 Å². The standard InChI is InChI=1S/C20H22O/c21-15-9-3-8-14-20(16-18-10-4-1-5-11-18)17-19-12-6-2-7-13-19/h1-2,4-7,9-13,20H,3,8,14,16-17H2. The molecule has 0 aliphatic heterocycles. The Morgan fingerprint density at radius 1 is 0.857 bits per heavy atom. The van der Waals surface area contributed by atoms with Crippen LogP contribution in [0, 0.1) is 5.92 Å². The van der Waals surface area contributed by atoms with Crippen LogP contribution in [0.5, 0.6) is 0 Å². The Morgan fingerprint density at radius 2 is 1.38 bits per heavy atom. The molecule has 0 spiro atoms. The van der Waals surface area contributed by atoms with E-state index >= 15 is 0 Å². The molecule has 2 rings (SSSR count). The predicted octanol–water partition coefficient (Wildman–Crippen LogP) is 4.65. The van der Waals surface area contributed by atoms with Crippen LogP contribution in [0.4, 0.5) is 0 Å². The van der Waals surface area contributed by atoms with E-state index in [0.717, 1.165) is 32.1 Å². The molecule has 21 heavy (non-hydrogen) atoms. The lowest BCUT2D eigenvalue weighted by Crippen LogP contribution is -2.08. The lowest BCUT2D eigenvalue weighted by atomic mass is 9.88. The average Bonchev–Trinajstić information content (AvgIpc) is 2.53. The smallest absolute Gasteiger partial charge is 0.120 e. The average molecular weight is 278 g/mol. The highest BCUT2D eigenvalue weighted by Gasteiger charge is 2.10. The van der Waals surface area contributed by atoms with Crippen LogP contribution in [-0.4, -0.2) is 5.94 Å². The lowest BCUT2D eigenvalue weighted by Gasteiger charge is -2.17. The van der Waals surface area contributed by atoms with Crippen LogP contribution in [0.2, 0.25) is 0 Å². The van der Waals surface area contributed by atoms with E-state index in [0.29, 0.717) is 5.92 Å². The van der Waals surface area contributed by atoms with E-state index in [1.165, 1.54) is 11.1 Å². The van der Waals surface area contributed by atoms with Gasteiger partial charge in [-0.05, 0) is 55.2 Å². The summed E-state index contributed by atoms with van der Waals surface area (Å²) in [7, 11) is 0. The fraction of sp³-hybridized carbons (Fsp3) is 0.300. The van der Waals surface area contributed by atoms with Crippen LogP contribution in [0.3, 0.4) is 0 Å². The minimum Gasteiger partial charge on any atom is -0.234 e. The predicted molar refractivity (Wildman–Crippen MR) is 87.9 cm³/mol. The Hall–Kier alpha value is -2.11. The first kappa shape index (κ1) is 15.3. The van der Waals surface area contributed by atoms with Gasteiger partial charge in [0.05, 0.1) is 0 Å². The molecular weight excluding hydrogens is 256 g/mol. The quantitative estimate of drug-likeness (QED) is 0.507. The molecule has 0 aliphatic carbocycles. The molecule has 2 aromatic carbocycles. The molecule has 0 atom stereocenters. The zero-order valence-corrected chi connectivity index (χ0v) is 12.4. The van der Waals surface area contributed by atoms with E-state index < -0.39 is 0 Å². The van der Waals surface area contributed by atoms with E-state index in [2.05, 4.69) is 60.7 Å². The highest BCUT2D eigenvalue weighted by molar-refractivity contribution is 5.44. The molecule has 0 saturated heterocycles. The Bertz CT molecular complexity index is 511. The summed E-state index contributed by atoms with van der Waals surface area (Å²) in [5.74, 6) is 2.49. The molecular formula is C20H22O. The van der Waals surface area contributed by atoms with E-state index in [1.54, 1.807) is 6.08 Å². The molecule has 0 bridgehead atoms. The fourth-order valence-electron chi connectivity index (χ4n) is 2.74. The summed E-state index contributed by atoms with van der Waals surface area (Å²) in [4.78, 5) is 10.3. The van der Waals surface area contributed by atoms with Crippen molar-refractivity contribution in [2.45, 2.75) is 32.1 Å². The van der Waals surface area contributed by atoms with Gasteiger partial charge in [-0.25, -0.2) is 4.79 Å². The monoisotopic (exact) mass is 278 g/mol. The first-order valence-corrected chi connectivity index (χ1v) is 7.65. The van der Waals surface area contributed by atoms with Crippen molar-refractivity contribution in [3.8, 4) is 0 Å². The molecule has 2 aromatic rings. The van der Waals surface area contributed by atoms with Crippen LogP contribution >= 0.6 is 0 Å². The maximum absolute atomic E-state index is 10.3. The Labute approximate surface area is 127 Å². The van der Waals surface area contributed by atoms with Gasteiger partial charge >= 0.3 is 0 Å². The third-order valence-electron chi connectivity index (χ3n) is 3.78. The normalized spacial score (nSPS) is 10.3. The molecule has 1 nitrogen and oxygen atoms in total. The van der Waals surface area contributed by atoms with Gasteiger partial charge in [0.2, 0.25) is 0 Å². The second-order valence-corrected chi connectivity index (χ2v) is 5.50. The highest BCUT2D eigenvalue weighted by atomic mass is 16.1. The molecule has 108 valence electrons. The first-order chi connectivity index (χ1) is 10.4. The molecule has 0 fully saturated rings. The van der Waals surface area contributed by atoms with Gasteiger partial charge in [-0.1, -0.05) is 60.7 Å². The molecule has 0 aliphatic rings. The van der Waals surface area contributed by atoms with Crippen LogP contribution in [0.25, 0.3) is 0 Å². The number of unbranched alkanes of at least 4 members (excludes halogenated alkanes) is 1. The first-order valence-electron chi connectivity index (χ1n) is 7.65. The lowest BCUT2D eigenvalue weighted by molar-refractivity contribution is 0.465. The molecule has 0 amide bonds. The number of benzene rings is 2. The van der Waals surface area contributed by atoms with Gasteiger partial charge in [-0.15, -0.1) is 0 Å². The number of allylic oxidation sites excluding steroid dienone is 1. The fourth-order valence-corrected chi connectivity index (χ4v) is 2.74. The van der Waals surface area contributed by atoms with Gasteiger partial charge in [-0.3, -0.25) is 0 Å². The van der Waals surface area contributed by atoms with Crippen molar-refractivity contribution in [2.75, 3.05) is 0 Å². The van der Waals surface area contributed by atoms with Gasteiger partial charge in [0.25, 0.3) is 0 Å². The summed E-state index contributed by atoms with van der Waals surface area (Å²) >= 11 is 0. The molecule has 0 N–H and O–H groups in total. The maximum atomic E-state index is 10.3. The third-order valence-corrected chi connectivity index (χ3v) is 3.78. The summed E-state index contributed by atoms with van der Waals surface area (Å²) in [5, 5.41) is 0. The van der Waals surface area contributed by atoms with Crippen molar-refractivity contribution in [1.29, 1.82) is 0 Å². The molecule has 1 heteroatoms. The Balaban J connectivity index is 1.97. The summed E-state index contributed by atoms with van der Waals surface area (Å²) in [6.45, 7) is 0. The van der Waals surface area contributed by atoms with Crippen LogP contribution in [0.15, 0.2) is 66.7 Å². The van der Waals surface area contributed by atoms with Crippen LogP contribution < -0.4 is 0 Å². The van der Waals surface area contributed by atoms with Crippen molar-refractivity contribution in [3.05, 3.63) is 77.9 Å². The number of carbonyl (C=O) groups excluding carboxylic acids is 1. The molecule has 0 saturated carbocycles. The summed E-state index contributed by atoms with van der Waals surface area (Å²) in [5.41, 5.74) is 2.79. The van der Waals surface area contributed by atoms with Crippen molar-refractivity contribution in [2.24, 2.45) is 5.92 Å².